The van der Waals surface area contributed by atoms with Gasteiger partial charge < -0.3 is 16.0 Å². The standard InChI is InChI=1S/C36H48N6O3/c43-31(40-34-10-19-1-20(11-34)3-21(2-19)12-34)28-37-29(32(44)41-35-13-22-4-23(14-35)6-24(5-22)15-35)39-30(38-28)33(45)42-36-16-25-7-26(17-36)9-27(8-25)18-36/h19-27H,1-18H2,(H,40,43)(H,41,44)(H,42,45). The molecule has 12 bridgehead atoms. The minimum Gasteiger partial charge on any atom is -0.344 e. The predicted molar refractivity (Wildman–Crippen MR) is 165 cm³/mol. The molecule has 0 saturated heterocycles. The summed E-state index contributed by atoms with van der Waals surface area (Å²) in [6.07, 6.45) is 20.6. The van der Waals surface area contributed by atoms with E-state index < -0.39 is 0 Å². The topological polar surface area (TPSA) is 126 Å². The van der Waals surface area contributed by atoms with Crippen LogP contribution < -0.4 is 16.0 Å². The van der Waals surface area contributed by atoms with Gasteiger partial charge in [-0.2, -0.15) is 15.0 Å². The third-order valence-corrected chi connectivity index (χ3v) is 14.5. The highest BCUT2D eigenvalue weighted by Crippen LogP contribution is 2.58. The van der Waals surface area contributed by atoms with Gasteiger partial charge in [0.05, 0.1) is 0 Å². The Bertz CT molecular complexity index is 1180. The fourth-order valence-corrected chi connectivity index (χ4v) is 14.4. The quantitative estimate of drug-likeness (QED) is 0.417. The van der Waals surface area contributed by atoms with E-state index in [0.29, 0.717) is 53.3 Å². The molecular formula is C36H48N6O3. The molecule has 3 N–H and O–H groups in total. The van der Waals surface area contributed by atoms with Crippen LogP contribution >= 0.6 is 0 Å². The second-order valence-corrected chi connectivity index (χ2v) is 18.3. The number of nitrogens with zero attached hydrogens (tertiary/aromatic N) is 3. The number of hydrogen-bond donors (Lipinski definition) is 3. The van der Waals surface area contributed by atoms with Crippen molar-refractivity contribution in [2.45, 2.75) is 132 Å². The number of rotatable bonds is 6. The summed E-state index contributed by atoms with van der Waals surface area (Å²) in [5, 5.41) is 10.1. The van der Waals surface area contributed by atoms with E-state index in [1.165, 1.54) is 57.8 Å². The number of aromatic nitrogens is 3. The molecule has 240 valence electrons. The van der Waals surface area contributed by atoms with Crippen molar-refractivity contribution < 1.29 is 14.4 Å². The van der Waals surface area contributed by atoms with Crippen LogP contribution in [0.3, 0.4) is 0 Å². The number of carbonyl (C=O) groups is 3. The maximum atomic E-state index is 14.0. The minimum atomic E-state index is -0.368. The number of nitrogens with one attached hydrogen (secondary N) is 3. The van der Waals surface area contributed by atoms with Gasteiger partial charge in [-0.25, -0.2) is 0 Å². The first-order valence-electron chi connectivity index (χ1n) is 18.4. The Morgan fingerprint density at radius 1 is 0.378 bits per heavy atom. The lowest BCUT2D eigenvalue weighted by Gasteiger charge is -2.56. The molecule has 1 aromatic rings. The molecule has 12 saturated carbocycles. The van der Waals surface area contributed by atoms with Gasteiger partial charge in [0, 0.05) is 16.6 Å². The fourth-order valence-electron chi connectivity index (χ4n) is 14.4. The summed E-state index contributed by atoms with van der Waals surface area (Å²) in [6, 6.07) is 0. The van der Waals surface area contributed by atoms with Gasteiger partial charge in [-0.15, -0.1) is 0 Å². The lowest BCUT2D eigenvalue weighted by Crippen LogP contribution is -2.61. The van der Waals surface area contributed by atoms with Gasteiger partial charge in [-0.1, -0.05) is 0 Å². The molecule has 45 heavy (non-hydrogen) atoms. The van der Waals surface area contributed by atoms with Crippen molar-refractivity contribution in [3.63, 3.8) is 0 Å². The predicted octanol–water partition coefficient (Wildman–Crippen LogP) is 4.97. The summed E-state index contributed by atoms with van der Waals surface area (Å²) in [5.74, 6) is 4.73. The van der Waals surface area contributed by atoms with Crippen LogP contribution in [0.4, 0.5) is 0 Å². The van der Waals surface area contributed by atoms with Crippen LogP contribution in [0.1, 0.15) is 147 Å². The molecular weight excluding hydrogens is 564 g/mol. The molecule has 0 aliphatic heterocycles. The van der Waals surface area contributed by atoms with Crippen LogP contribution in [-0.4, -0.2) is 49.3 Å². The second kappa shape index (κ2) is 9.50. The summed E-state index contributed by atoms with van der Waals surface area (Å²) >= 11 is 0. The summed E-state index contributed by atoms with van der Waals surface area (Å²) < 4.78 is 0. The highest BCUT2D eigenvalue weighted by molar-refractivity contribution is 5.98. The van der Waals surface area contributed by atoms with E-state index in [1.807, 2.05) is 0 Å². The summed E-state index contributed by atoms with van der Waals surface area (Å²) in [6.45, 7) is 0. The van der Waals surface area contributed by atoms with E-state index >= 15 is 0 Å². The maximum Gasteiger partial charge on any atom is 0.289 e. The third-order valence-electron chi connectivity index (χ3n) is 14.5. The van der Waals surface area contributed by atoms with Crippen molar-refractivity contribution >= 4 is 17.7 Å². The molecule has 0 spiro atoms. The molecule has 0 aromatic carbocycles. The van der Waals surface area contributed by atoms with Gasteiger partial charge in [-0.3, -0.25) is 14.4 Å². The maximum absolute atomic E-state index is 14.0. The zero-order valence-electron chi connectivity index (χ0n) is 26.5. The first-order valence-corrected chi connectivity index (χ1v) is 18.4. The number of carbonyl (C=O) groups excluding carboxylic acids is 3. The Balaban J connectivity index is 0.949. The smallest absolute Gasteiger partial charge is 0.289 e. The van der Waals surface area contributed by atoms with E-state index in [1.54, 1.807) is 0 Å². The molecule has 3 amide bonds. The van der Waals surface area contributed by atoms with Crippen LogP contribution in [-0.2, 0) is 0 Å². The summed E-state index contributed by atoms with van der Waals surface area (Å²) in [5.41, 5.74) is -0.662. The van der Waals surface area contributed by atoms with Crippen molar-refractivity contribution in [2.75, 3.05) is 0 Å². The largest absolute Gasteiger partial charge is 0.344 e. The van der Waals surface area contributed by atoms with Crippen LogP contribution in [0.2, 0.25) is 0 Å². The number of hydrogen-bond acceptors (Lipinski definition) is 6. The molecule has 13 rings (SSSR count). The van der Waals surface area contributed by atoms with Crippen LogP contribution in [0, 0.1) is 53.3 Å². The molecule has 12 aliphatic rings. The second-order valence-electron chi connectivity index (χ2n) is 18.3. The van der Waals surface area contributed by atoms with Gasteiger partial charge in [0.2, 0.25) is 17.5 Å². The average Bonchev–Trinajstić information content (AvgIpc) is 2.94. The van der Waals surface area contributed by atoms with E-state index in [4.69, 9.17) is 0 Å². The summed E-state index contributed by atoms with van der Waals surface area (Å²) in [4.78, 5) is 55.5. The fraction of sp³-hybridized carbons (Fsp3) is 0.833. The van der Waals surface area contributed by atoms with E-state index in [0.717, 1.165) is 57.8 Å². The van der Waals surface area contributed by atoms with Gasteiger partial charge in [0.15, 0.2) is 0 Å². The highest BCUT2D eigenvalue weighted by Gasteiger charge is 2.54. The first kappa shape index (κ1) is 27.5. The Labute approximate surface area is 265 Å². The molecule has 9 heteroatoms. The molecule has 0 radical (unpaired) electrons. The average molecular weight is 613 g/mol. The minimum absolute atomic E-state index is 0.0907. The van der Waals surface area contributed by atoms with Crippen molar-refractivity contribution in [3.05, 3.63) is 17.5 Å². The van der Waals surface area contributed by atoms with Crippen molar-refractivity contribution in [2.24, 2.45) is 53.3 Å². The zero-order valence-corrected chi connectivity index (χ0v) is 26.5. The molecule has 12 fully saturated rings. The Hall–Kier alpha value is -2.58. The summed E-state index contributed by atoms with van der Waals surface area (Å²) in [7, 11) is 0. The van der Waals surface area contributed by atoms with Gasteiger partial charge in [-0.05, 0) is 169 Å². The van der Waals surface area contributed by atoms with Gasteiger partial charge in [0.1, 0.15) is 0 Å². The van der Waals surface area contributed by atoms with Crippen molar-refractivity contribution in [1.29, 1.82) is 0 Å². The SMILES string of the molecule is O=C(NC12CC3CC(CC(C3)C1)C2)c1nc(C(=O)NC23CC4CC(CC(C4)C2)C3)nc(C(=O)NC23CC4CC(CC(C4)C2)C3)n1. The van der Waals surface area contributed by atoms with Crippen molar-refractivity contribution in [1.82, 2.24) is 30.9 Å². The molecule has 1 aromatic heterocycles. The lowest BCUT2D eigenvalue weighted by atomic mass is 9.53. The first-order chi connectivity index (χ1) is 21.7. The normalized spacial score (nSPS) is 47.6. The third kappa shape index (κ3) is 4.67. The Morgan fingerprint density at radius 2 is 0.556 bits per heavy atom. The highest BCUT2D eigenvalue weighted by atomic mass is 16.2. The lowest BCUT2D eigenvalue weighted by molar-refractivity contribution is -0.0170. The molecule has 1 heterocycles. The number of amides is 3. The molecule has 0 atom stereocenters. The van der Waals surface area contributed by atoms with Crippen LogP contribution in [0.25, 0.3) is 0 Å². The van der Waals surface area contributed by atoms with E-state index in [9.17, 15) is 14.4 Å². The molecule has 9 nitrogen and oxygen atoms in total. The zero-order chi connectivity index (χ0) is 30.1. The Kier molecular flexibility index (Phi) is 5.81. The van der Waals surface area contributed by atoms with Gasteiger partial charge in [0.25, 0.3) is 17.7 Å². The Morgan fingerprint density at radius 3 is 0.733 bits per heavy atom. The molecule has 12 aliphatic carbocycles. The van der Waals surface area contributed by atoms with E-state index in [-0.39, 0.29) is 51.8 Å². The monoisotopic (exact) mass is 612 g/mol. The van der Waals surface area contributed by atoms with Crippen molar-refractivity contribution in [3.8, 4) is 0 Å². The van der Waals surface area contributed by atoms with Gasteiger partial charge >= 0.3 is 0 Å². The van der Waals surface area contributed by atoms with Crippen LogP contribution in [0.5, 0.6) is 0 Å². The van der Waals surface area contributed by atoms with Crippen LogP contribution in [0.15, 0.2) is 0 Å². The molecule has 0 unspecified atom stereocenters. The van der Waals surface area contributed by atoms with E-state index in [2.05, 4.69) is 30.9 Å².